The number of carbonyl (C=O) groups is 1. The van der Waals surface area contributed by atoms with Crippen LogP contribution < -0.4 is 10.6 Å². The SMILES string of the molecule is CN(C)C(CNC(=O)NC1CCCCC1)c1cccc(F)c1. The van der Waals surface area contributed by atoms with Crippen LogP contribution in [0.3, 0.4) is 0 Å². The summed E-state index contributed by atoms with van der Waals surface area (Å²) >= 11 is 0. The fourth-order valence-corrected chi connectivity index (χ4v) is 2.99. The Morgan fingerprint density at radius 3 is 2.68 bits per heavy atom. The number of hydrogen-bond donors (Lipinski definition) is 2. The van der Waals surface area contributed by atoms with Crippen LogP contribution in [0, 0.1) is 5.82 Å². The van der Waals surface area contributed by atoms with Gasteiger partial charge in [0.15, 0.2) is 0 Å². The van der Waals surface area contributed by atoms with E-state index in [1.54, 1.807) is 6.07 Å². The zero-order chi connectivity index (χ0) is 15.9. The summed E-state index contributed by atoms with van der Waals surface area (Å²) in [5, 5.41) is 5.95. The Hall–Kier alpha value is -1.62. The minimum atomic E-state index is -0.254. The van der Waals surface area contributed by atoms with E-state index in [1.165, 1.54) is 31.4 Å². The van der Waals surface area contributed by atoms with Gasteiger partial charge in [0, 0.05) is 12.6 Å². The lowest BCUT2D eigenvalue weighted by Gasteiger charge is -2.27. The first-order valence-corrected chi connectivity index (χ1v) is 8.02. The van der Waals surface area contributed by atoms with E-state index in [0.29, 0.717) is 12.6 Å². The maximum Gasteiger partial charge on any atom is 0.315 e. The maximum absolute atomic E-state index is 13.4. The van der Waals surface area contributed by atoms with Gasteiger partial charge in [-0.25, -0.2) is 9.18 Å². The molecule has 0 aliphatic heterocycles. The summed E-state index contributed by atoms with van der Waals surface area (Å²) in [6, 6.07) is 6.64. The topological polar surface area (TPSA) is 44.4 Å². The number of likely N-dealkylation sites (N-methyl/N-ethyl adjacent to an activating group) is 1. The number of urea groups is 1. The van der Waals surface area contributed by atoms with Crippen molar-refractivity contribution in [3.8, 4) is 0 Å². The summed E-state index contributed by atoms with van der Waals surface area (Å²) in [6.45, 7) is 0.453. The summed E-state index contributed by atoms with van der Waals surface area (Å²) in [6.07, 6.45) is 5.77. The monoisotopic (exact) mass is 307 g/mol. The molecule has 0 heterocycles. The number of nitrogens with zero attached hydrogens (tertiary/aromatic N) is 1. The van der Waals surface area contributed by atoms with Gasteiger partial charge >= 0.3 is 6.03 Å². The van der Waals surface area contributed by atoms with Crippen molar-refractivity contribution < 1.29 is 9.18 Å². The first kappa shape index (κ1) is 16.7. The van der Waals surface area contributed by atoms with Gasteiger partial charge in [-0.1, -0.05) is 31.4 Å². The van der Waals surface area contributed by atoms with Crippen LogP contribution in [-0.4, -0.2) is 37.6 Å². The number of rotatable bonds is 5. The van der Waals surface area contributed by atoms with Crippen LogP contribution >= 0.6 is 0 Å². The maximum atomic E-state index is 13.4. The molecule has 2 N–H and O–H groups in total. The van der Waals surface area contributed by atoms with E-state index in [0.717, 1.165) is 18.4 Å². The molecule has 2 amide bonds. The van der Waals surface area contributed by atoms with Gasteiger partial charge in [-0.2, -0.15) is 0 Å². The molecule has 1 aromatic rings. The lowest BCUT2D eigenvalue weighted by molar-refractivity contribution is 0.225. The van der Waals surface area contributed by atoms with E-state index in [2.05, 4.69) is 10.6 Å². The lowest BCUT2D eigenvalue weighted by Crippen LogP contribution is -2.45. The smallest absolute Gasteiger partial charge is 0.315 e. The van der Waals surface area contributed by atoms with E-state index in [1.807, 2.05) is 25.1 Å². The van der Waals surface area contributed by atoms with Gasteiger partial charge in [-0.3, -0.25) is 0 Å². The Kier molecular flexibility index (Phi) is 6.19. The highest BCUT2D eigenvalue weighted by molar-refractivity contribution is 5.74. The number of halogens is 1. The number of carbonyl (C=O) groups excluding carboxylic acids is 1. The quantitative estimate of drug-likeness (QED) is 0.878. The predicted molar refractivity (Wildman–Crippen MR) is 86.2 cm³/mol. The highest BCUT2D eigenvalue weighted by atomic mass is 19.1. The predicted octanol–water partition coefficient (Wildman–Crippen LogP) is 3.06. The Labute approximate surface area is 132 Å². The average Bonchev–Trinajstić information content (AvgIpc) is 2.48. The van der Waals surface area contributed by atoms with Crippen LogP contribution in [0.2, 0.25) is 0 Å². The number of nitrogens with one attached hydrogen (secondary N) is 2. The molecule has 0 saturated heterocycles. The summed E-state index contributed by atoms with van der Waals surface area (Å²) in [5.41, 5.74) is 0.864. The highest BCUT2D eigenvalue weighted by Gasteiger charge is 2.18. The largest absolute Gasteiger partial charge is 0.336 e. The molecule has 1 saturated carbocycles. The molecule has 22 heavy (non-hydrogen) atoms. The van der Waals surface area contributed by atoms with Crippen molar-refractivity contribution in [3.63, 3.8) is 0 Å². The van der Waals surface area contributed by atoms with E-state index < -0.39 is 0 Å². The van der Waals surface area contributed by atoms with Gasteiger partial charge < -0.3 is 15.5 Å². The zero-order valence-corrected chi connectivity index (χ0v) is 13.4. The Balaban J connectivity index is 1.87. The lowest BCUT2D eigenvalue weighted by atomic mass is 9.96. The van der Waals surface area contributed by atoms with Crippen molar-refractivity contribution in [3.05, 3.63) is 35.6 Å². The van der Waals surface area contributed by atoms with E-state index in [9.17, 15) is 9.18 Å². The van der Waals surface area contributed by atoms with Crippen molar-refractivity contribution in [2.75, 3.05) is 20.6 Å². The second-order valence-corrected chi connectivity index (χ2v) is 6.22. The van der Waals surface area contributed by atoms with Crippen LogP contribution in [0.5, 0.6) is 0 Å². The molecule has 1 unspecified atom stereocenters. The molecular weight excluding hydrogens is 281 g/mol. The van der Waals surface area contributed by atoms with Gasteiger partial charge in [-0.05, 0) is 44.6 Å². The van der Waals surface area contributed by atoms with Crippen LogP contribution in [0.1, 0.15) is 43.7 Å². The summed E-state index contributed by atoms with van der Waals surface area (Å²) in [5.74, 6) is -0.254. The van der Waals surface area contributed by atoms with E-state index in [4.69, 9.17) is 0 Å². The molecule has 4 nitrogen and oxygen atoms in total. The molecule has 0 radical (unpaired) electrons. The molecule has 2 rings (SSSR count). The molecule has 1 fully saturated rings. The van der Waals surface area contributed by atoms with Crippen LogP contribution in [0.25, 0.3) is 0 Å². The standard InChI is InChI=1S/C17H26FN3O/c1-21(2)16(13-7-6-8-14(18)11-13)12-19-17(22)20-15-9-4-3-5-10-15/h6-8,11,15-16H,3-5,9-10,12H2,1-2H3,(H2,19,20,22). The first-order chi connectivity index (χ1) is 10.6. The van der Waals surface area contributed by atoms with Gasteiger partial charge in [0.1, 0.15) is 5.82 Å². The van der Waals surface area contributed by atoms with Crippen LogP contribution in [0.15, 0.2) is 24.3 Å². The van der Waals surface area contributed by atoms with Gasteiger partial charge in [0.05, 0.1) is 6.04 Å². The summed E-state index contributed by atoms with van der Waals surface area (Å²) < 4.78 is 13.4. The number of benzene rings is 1. The third-order valence-corrected chi connectivity index (χ3v) is 4.25. The third kappa shape index (κ3) is 4.98. The molecule has 0 bridgehead atoms. The van der Waals surface area contributed by atoms with Crippen LogP contribution in [-0.2, 0) is 0 Å². The summed E-state index contributed by atoms with van der Waals surface area (Å²) in [4.78, 5) is 14.0. The fourth-order valence-electron chi connectivity index (χ4n) is 2.99. The van der Waals surface area contributed by atoms with Crippen molar-refractivity contribution in [1.29, 1.82) is 0 Å². The van der Waals surface area contributed by atoms with Gasteiger partial charge in [0.25, 0.3) is 0 Å². The van der Waals surface area contributed by atoms with Crippen molar-refractivity contribution in [1.82, 2.24) is 15.5 Å². The average molecular weight is 307 g/mol. The Bertz CT molecular complexity index is 487. The highest BCUT2D eigenvalue weighted by Crippen LogP contribution is 2.19. The molecule has 1 atom stereocenters. The van der Waals surface area contributed by atoms with Crippen molar-refractivity contribution in [2.24, 2.45) is 0 Å². The molecule has 5 heteroatoms. The fraction of sp³-hybridized carbons (Fsp3) is 0.588. The third-order valence-electron chi connectivity index (χ3n) is 4.25. The molecule has 0 spiro atoms. The van der Waals surface area contributed by atoms with Crippen LogP contribution in [0.4, 0.5) is 9.18 Å². The van der Waals surface area contributed by atoms with Crippen molar-refractivity contribution in [2.45, 2.75) is 44.2 Å². The van der Waals surface area contributed by atoms with Gasteiger partial charge in [0.2, 0.25) is 0 Å². The number of amides is 2. The Morgan fingerprint density at radius 1 is 1.32 bits per heavy atom. The van der Waals surface area contributed by atoms with E-state index in [-0.39, 0.29) is 17.9 Å². The van der Waals surface area contributed by atoms with Gasteiger partial charge in [-0.15, -0.1) is 0 Å². The molecule has 1 aliphatic carbocycles. The Morgan fingerprint density at radius 2 is 2.05 bits per heavy atom. The van der Waals surface area contributed by atoms with Crippen molar-refractivity contribution >= 4 is 6.03 Å². The molecule has 1 aliphatic rings. The minimum Gasteiger partial charge on any atom is -0.336 e. The number of hydrogen-bond acceptors (Lipinski definition) is 2. The summed E-state index contributed by atoms with van der Waals surface area (Å²) in [7, 11) is 3.85. The second kappa shape index (κ2) is 8.13. The zero-order valence-electron chi connectivity index (χ0n) is 13.4. The molecule has 1 aromatic carbocycles. The normalized spacial score (nSPS) is 17.3. The minimum absolute atomic E-state index is 0.0483. The molecular formula is C17H26FN3O. The second-order valence-electron chi connectivity index (χ2n) is 6.22. The van der Waals surface area contributed by atoms with E-state index >= 15 is 0 Å². The molecule has 0 aromatic heterocycles. The molecule has 122 valence electrons. The first-order valence-electron chi connectivity index (χ1n) is 8.02.